The summed E-state index contributed by atoms with van der Waals surface area (Å²) in [6.07, 6.45) is 4.72. The number of imide groups is 1. The molecule has 1 fully saturated rings. The van der Waals surface area contributed by atoms with Gasteiger partial charge in [0.1, 0.15) is 12.3 Å². The van der Waals surface area contributed by atoms with Gasteiger partial charge in [0.2, 0.25) is 11.8 Å². The van der Waals surface area contributed by atoms with Crippen molar-refractivity contribution in [3.05, 3.63) is 35.4 Å². The number of allylic oxidation sites excluding steroid dienone is 2. The van der Waals surface area contributed by atoms with Crippen molar-refractivity contribution in [2.45, 2.75) is 12.8 Å². The zero-order valence-corrected chi connectivity index (χ0v) is 15.9. The number of benzene rings is 1. The molecule has 9 heteroatoms. The largest absolute Gasteiger partial charge is 0.495 e. The summed E-state index contributed by atoms with van der Waals surface area (Å²) in [5.74, 6) is -2.49. The Balaban J connectivity index is 1.49. The summed E-state index contributed by atoms with van der Waals surface area (Å²) in [7, 11) is 1.47. The fourth-order valence-electron chi connectivity index (χ4n) is 3.29. The van der Waals surface area contributed by atoms with Crippen molar-refractivity contribution >= 4 is 41.0 Å². The smallest absolute Gasteiger partial charge is 0.326 e. The minimum atomic E-state index is -0.823. The SMILES string of the molecule is COc1ccc(NC(=O)COC(=O)CN2C(=O)C3CC=CCC3C2=O)cc1Cl. The summed E-state index contributed by atoms with van der Waals surface area (Å²) in [5.41, 5.74) is 0.410. The maximum Gasteiger partial charge on any atom is 0.326 e. The fraction of sp³-hybridized carbons (Fsp3) is 0.368. The number of hydrogen-bond donors (Lipinski definition) is 1. The Kier molecular flexibility index (Phi) is 5.99. The summed E-state index contributed by atoms with van der Waals surface area (Å²) in [6, 6.07) is 4.67. The molecule has 28 heavy (non-hydrogen) atoms. The number of ether oxygens (including phenoxy) is 2. The van der Waals surface area contributed by atoms with Gasteiger partial charge in [0.05, 0.1) is 24.0 Å². The Hall–Kier alpha value is -2.87. The summed E-state index contributed by atoms with van der Waals surface area (Å²) in [5, 5.41) is 2.85. The van der Waals surface area contributed by atoms with Crippen molar-refractivity contribution < 1.29 is 28.7 Å². The molecule has 0 aromatic heterocycles. The van der Waals surface area contributed by atoms with E-state index in [1.807, 2.05) is 12.2 Å². The number of rotatable bonds is 6. The topological polar surface area (TPSA) is 102 Å². The normalized spacial score (nSPS) is 20.7. The molecular formula is C19H19ClN2O6. The minimum absolute atomic E-state index is 0.319. The number of halogens is 1. The third-order valence-corrected chi connectivity index (χ3v) is 4.98. The first-order chi connectivity index (χ1) is 13.4. The van der Waals surface area contributed by atoms with Crippen LogP contribution in [-0.2, 0) is 23.9 Å². The third kappa shape index (κ3) is 4.17. The molecule has 1 aromatic carbocycles. The van der Waals surface area contributed by atoms with Crippen LogP contribution < -0.4 is 10.1 Å². The van der Waals surface area contributed by atoms with Crippen LogP contribution in [0, 0.1) is 11.8 Å². The molecule has 0 bridgehead atoms. The van der Waals surface area contributed by atoms with Crippen molar-refractivity contribution in [2.75, 3.05) is 25.6 Å². The Bertz CT molecular complexity index is 827. The first-order valence-electron chi connectivity index (χ1n) is 8.70. The van der Waals surface area contributed by atoms with E-state index >= 15 is 0 Å². The number of anilines is 1. The van der Waals surface area contributed by atoms with Crippen LogP contribution in [0.15, 0.2) is 30.4 Å². The average Bonchev–Trinajstić information content (AvgIpc) is 2.92. The summed E-state index contributed by atoms with van der Waals surface area (Å²) >= 11 is 5.98. The van der Waals surface area contributed by atoms with Gasteiger partial charge in [-0.1, -0.05) is 23.8 Å². The van der Waals surface area contributed by atoms with E-state index in [0.29, 0.717) is 29.3 Å². The lowest BCUT2D eigenvalue weighted by atomic mass is 9.85. The van der Waals surface area contributed by atoms with Crippen molar-refractivity contribution in [3.63, 3.8) is 0 Å². The molecule has 3 amide bonds. The van der Waals surface area contributed by atoms with Gasteiger partial charge in [-0.05, 0) is 31.0 Å². The van der Waals surface area contributed by atoms with Gasteiger partial charge in [0.15, 0.2) is 6.61 Å². The van der Waals surface area contributed by atoms with Crippen LogP contribution in [0.2, 0.25) is 5.02 Å². The Morgan fingerprint density at radius 1 is 1.18 bits per heavy atom. The van der Waals surface area contributed by atoms with Gasteiger partial charge >= 0.3 is 5.97 Å². The third-order valence-electron chi connectivity index (χ3n) is 4.69. The van der Waals surface area contributed by atoms with Crippen molar-refractivity contribution in [1.29, 1.82) is 0 Å². The number of amides is 3. The molecule has 3 rings (SSSR count). The quantitative estimate of drug-likeness (QED) is 0.439. The Labute approximate surface area is 166 Å². The molecule has 8 nitrogen and oxygen atoms in total. The number of carbonyl (C=O) groups excluding carboxylic acids is 4. The molecule has 0 radical (unpaired) electrons. The molecule has 1 N–H and O–H groups in total. The van der Waals surface area contributed by atoms with Gasteiger partial charge in [-0.25, -0.2) is 0 Å². The van der Waals surface area contributed by atoms with E-state index in [0.717, 1.165) is 4.90 Å². The predicted octanol–water partition coefficient (Wildman–Crippen LogP) is 1.78. The zero-order chi connectivity index (χ0) is 20.3. The van der Waals surface area contributed by atoms with E-state index in [1.54, 1.807) is 12.1 Å². The Morgan fingerprint density at radius 3 is 2.39 bits per heavy atom. The van der Waals surface area contributed by atoms with Crippen LogP contribution >= 0.6 is 11.6 Å². The predicted molar refractivity (Wildman–Crippen MR) is 99.7 cm³/mol. The second-order valence-electron chi connectivity index (χ2n) is 6.48. The molecule has 2 aliphatic rings. The number of methoxy groups -OCH3 is 1. The first-order valence-corrected chi connectivity index (χ1v) is 9.07. The molecule has 2 unspecified atom stereocenters. The van der Waals surface area contributed by atoms with Crippen LogP contribution in [0.1, 0.15) is 12.8 Å². The van der Waals surface area contributed by atoms with Crippen LogP contribution in [0.4, 0.5) is 5.69 Å². The van der Waals surface area contributed by atoms with Gasteiger partial charge < -0.3 is 14.8 Å². The number of nitrogens with one attached hydrogen (secondary N) is 1. The van der Waals surface area contributed by atoms with Crippen LogP contribution in [0.3, 0.4) is 0 Å². The van der Waals surface area contributed by atoms with Crippen LogP contribution in [-0.4, -0.2) is 48.9 Å². The standard InChI is InChI=1S/C19H19ClN2O6/c1-27-15-7-6-11(8-14(15)20)21-16(23)10-28-17(24)9-22-18(25)12-4-2-3-5-13(12)19(22)26/h2-3,6-8,12-13H,4-5,9-10H2,1H3,(H,21,23). The summed E-state index contributed by atoms with van der Waals surface area (Å²) < 4.78 is 9.91. The highest BCUT2D eigenvalue weighted by molar-refractivity contribution is 6.32. The van der Waals surface area contributed by atoms with E-state index in [2.05, 4.69) is 5.32 Å². The molecule has 0 spiro atoms. The molecule has 1 heterocycles. The van der Waals surface area contributed by atoms with Crippen LogP contribution in [0.5, 0.6) is 5.75 Å². The first kappa shape index (κ1) is 19.9. The number of carbonyl (C=O) groups is 4. The highest BCUT2D eigenvalue weighted by Crippen LogP contribution is 2.34. The molecule has 1 aliphatic carbocycles. The fourth-order valence-corrected chi connectivity index (χ4v) is 3.54. The summed E-state index contributed by atoms with van der Waals surface area (Å²) in [4.78, 5) is 49.5. The van der Waals surface area contributed by atoms with E-state index in [9.17, 15) is 19.2 Å². The second-order valence-corrected chi connectivity index (χ2v) is 6.88. The zero-order valence-electron chi connectivity index (χ0n) is 15.1. The van der Waals surface area contributed by atoms with Gasteiger partial charge in [-0.2, -0.15) is 0 Å². The molecule has 148 valence electrons. The average molecular weight is 407 g/mol. The minimum Gasteiger partial charge on any atom is -0.495 e. The van der Waals surface area contributed by atoms with E-state index in [1.165, 1.54) is 13.2 Å². The van der Waals surface area contributed by atoms with E-state index < -0.39 is 36.9 Å². The number of fused-ring (bicyclic) bond motifs is 1. The second kappa shape index (κ2) is 8.43. The number of likely N-dealkylation sites (tertiary alicyclic amines) is 1. The van der Waals surface area contributed by atoms with Crippen LogP contribution in [0.25, 0.3) is 0 Å². The van der Waals surface area contributed by atoms with Gasteiger partial charge in [0.25, 0.3) is 5.91 Å². The molecule has 0 saturated carbocycles. The maximum atomic E-state index is 12.3. The molecule has 2 atom stereocenters. The van der Waals surface area contributed by atoms with Gasteiger partial charge in [-0.3, -0.25) is 24.1 Å². The van der Waals surface area contributed by atoms with Gasteiger partial charge in [-0.15, -0.1) is 0 Å². The van der Waals surface area contributed by atoms with E-state index in [4.69, 9.17) is 21.1 Å². The highest BCUT2D eigenvalue weighted by Gasteiger charge is 2.47. The maximum absolute atomic E-state index is 12.3. The number of hydrogen-bond acceptors (Lipinski definition) is 6. The van der Waals surface area contributed by atoms with Crippen molar-refractivity contribution in [3.8, 4) is 5.75 Å². The number of esters is 1. The van der Waals surface area contributed by atoms with Crippen molar-refractivity contribution in [2.24, 2.45) is 11.8 Å². The lowest BCUT2D eigenvalue weighted by molar-refractivity contribution is -0.154. The highest BCUT2D eigenvalue weighted by atomic mass is 35.5. The van der Waals surface area contributed by atoms with Crippen molar-refractivity contribution in [1.82, 2.24) is 4.90 Å². The Morgan fingerprint density at radius 2 is 1.82 bits per heavy atom. The molecule has 1 aliphatic heterocycles. The monoisotopic (exact) mass is 406 g/mol. The van der Waals surface area contributed by atoms with Gasteiger partial charge in [0, 0.05) is 5.69 Å². The molecular weight excluding hydrogens is 388 g/mol. The summed E-state index contributed by atoms with van der Waals surface area (Å²) in [6.45, 7) is -1.04. The lowest BCUT2D eigenvalue weighted by Crippen LogP contribution is -2.37. The molecule has 1 saturated heterocycles. The lowest BCUT2D eigenvalue weighted by Gasteiger charge is -2.14. The van der Waals surface area contributed by atoms with E-state index in [-0.39, 0.29) is 11.8 Å². The number of nitrogens with zero attached hydrogens (tertiary/aromatic N) is 1. The molecule has 1 aromatic rings.